The zero-order valence-electron chi connectivity index (χ0n) is 21.0. The van der Waals surface area contributed by atoms with Crippen LogP contribution in [0.2, 0.25) is 0 Å². The Morgan fingerprint density at radius 1 is 0.886 bits per heavy atom. The molecule has 2 aromatic heterocycles. The number of carbonyl (C=O) groups is 1. The van der Waals surface area contributed by atoms with Crippen LogP contribution in [0.25, 0.3) is 5.65 Å². The minimum Gasteiger partial charge on any atom is -0.461 e. The van der Waals surface area contributed by atoms with Crippen molar-refractivity contribution in [2.75, 3.05) is 13.2 Å². The highest BCUT2D eigenvalue weighted by Crippen LogP contribution is 2.14. The summed E-state index contributed by atoms with van der Waals surface area (Å²) in [7, 11) is 1.48. The van der Waals surface area contributed by atoms with Crippen LogP contribution in [0.5, 0.6) is 0 Å². The molecule has 0 aliphatic carbocycles. The van der Waals surface area contributed by atoms with E-state index in [1.165, 1.54) is 82.0 Å². The van der Waals surface area contributed by atoms with Crippen molar-refractivity contribution in [3.8, 4) is 0 Å². The lowest BCUT2D eigenvalue weighted by Crippen LogP contribution is -2.27. The van der Waals surface area contributed by atoms with Crippen LogP contribution < -0.4 is 5.69 Å². The van der Waals surface area contributed by atoms with Gasteiger partial charge in [0.2, 0.25) is 6.54 Å². The quantitative estimate of drug-likeness (QED) is 0.114. The highest BCUT2D eigenvalue weighted by atomic mass is 16.6. The number of rotatable bonds is 20. The average molecular weight is 493 g/mol. The average Bonchev–Trinajstić information content (AvgIpc) is 3.27. The van der Waals surface area contributed by atoms with E-state index in [0.717, 1.165) is 36.8 Å². The summed E-state index contributed by atoms with van der Waals surface area (Å²) in [5, 5.41) is 17.8. The summed E-state index contributed by atoms with van der Waals surface area (Å²) in [6.45, 7) is 0.441. The van der Waals surface area contributed by atoms with Gasteiger partial charge < -0.3 is 4.74 Å². The number of aromatic nitrogens is 5. The maximum atomic E-state index is 12.2. The Bertz CT molecular complexity index is 958. The summed E-state index contributed by atoms with van der Waals surface area (Å²) >= 11 is 0. The molecule has 11 heteroatoms. The number of aryl methyl sites for hydroxylation is 1. The molecule has 0 atom stereocenters. The van der Waals surface area contributed by atoms with E-state index in [1.807, 2.05) is 0 Å². The van der Waals surface area contributed by atoms with Crippen molar-refractivity contribution in [1.82, 2.24) is 24.4 Å². The van der Waals surface area contributed by atoms with Gasteiger partial charge in [-0.2, -0.15) is 4.68 Å². The predicted octanol–water partition coefficient (Wildman–Crippen LogP) is 4.50. The molecular formula is C24H40N6O5. The lowest BCUT2D eigenvalue weighted by atomic mass is 10.0. The molecule has 0 N–H and O–H groups in total. The van der Waals surface area contributed by atoms with Crippen LogP contribution in [0.1, 0.15) is 113 Å². The van der Waals surface area contributed by atoms with Crippen LogP contribution in [-0.2, 0) is 11.8 Å². The highest BCUT2D eigenvalue weighted by Gasteiger charge is 2.18. The molecule has 11 nitrogen and oxygen atoms in total. The number of fused-ring (bicyclic) bond motifs is 1. The second kappa shape index (κ2) is 16.7. The van der Waals surface area contributed by atoms with Gasteiger partial charge in [-0.3, -0.25) is 10.1 Å². The summed E-state index contributed by atoms with van der Waals surface area (Å²) in [5.41, 5.74) is -0.293. The summed E-state index contributed by atoms with van der Waals surface area (Å²) in [4.78, 5) is 38.1. The number of carbonyl (C=O) groups excluding carboxylic acids is 1. The fraction of sp³-hybridized carbons (Fsp3) is 0.792. The van der Waals surface area contributed by atoms with Crippen molar-refractivity contribution >= 4 is 11.6 Å². The molecule has 2 rings (SSSR count). The first-order valence-corrected chi connectivity index (χ1v) is 13.1. The van der Waals surface area contributed by atoms with Gasteiger partial charge in [-0.05, 0) is 12.8 Å². The number of unbranched alkanes of at least 4 members (excludes halogenated alkanes) is 15. The maximum absolute atomic E-state index is 12.2. The van der Waals surface area contributed by atoms with Crippen molar-refractivity contribution < 1.29 is 14.5 Å². The van der Waals surface area contributed by atoms with Gasteiger partial charge in [0.1, 0.15) is 6.33 Å². The van der Waals surface area contributed by atoms with Crippen LogP contribution in [0.4, 0.5) is 0 Å². The molecule has 0 aromatic carbocycles. The van der Waals surface area contributed by atoms with Gasteiger partial charge in [0.25, 0.3) is 0 Å². The third-order valence-electron chi connectivity index (χ3n) is 6.16. The van der Waals surface area contributed by atoms with Crippen molar-refractivity contribution in [1.29, 1.82) is 0 Å². The van der Waals surface area contributed by atoms with Gasteiger partial charge in [0.15, 0.2) is 11.3 Å². The Morgan fingerprint density at radius 3 is 1.89 bits per heavy atom. The second-order valence-corrected chi connectivity index (χ2v) is 9.13. The SMILES string of the molecule is Cn1nnc2c(C(=O)OCCCCCCCCCCCCCCCCCC[N+](=O)[O-])ncn2c1=O. The summed E-state index contributed by atoms with van der Waals surface area (Å²) in [6, 6.07) is 0. The molecule has 0 radical (unpaired) electrons. The van der Waals surface area contributed by atoms with E-state index >= 15 is 0 Å². The molecule has 0 aliphatic rings. The largest absolute Gasteiger partial charge is 0.461 e. The molecule has 0 unspecified atom stereocenters. The topological polar surface area (TPSA) is 135 Å². The number of hydrogen-bond acceptors (Lipinski definition) is 8. The molecule has 2 aromatic rings. The second-order valence-electron chi connectivity index (χ2n) is 9.13. The molecule has 35 heavy (non-hydrogen) atoms. The number of hydrogen-bond donors (Lipinski definition) is 0. The molecule has 0 aliphatic heterocycles. The first kappa shape index (κ1) is 28.4. The van der Waals surface area contributed by atoms with E-state index in [9.17, 15) is 19.7 Å². The molecule has 0 fully saturated rings. The van der Waals surface area contributed by atoms with Gasteiger partial charge in [0.05, 0.1) is 6.61 Å². The summed E-state index contributed by atoms with van der Waals surface area (Å²) in [5.74, 6) is -0.581. The fourth-order valence-electron chi connectivity index (χ4n) is 4.08. The maximum Gasteiger partial charge on any atom is 0.360 e. The highest BCUT2D eigenvalue weighted by molar-refractivity contribution is 5.93. The number of nitro groups is 1. The van der Waals surface area contributed by atoms with E-state index in [0.29, 0.717) is 13.0 Å². The summed E-state index contributed by atoms with van der Waals surface area (Å²) < 4.78 is 7.53. The van der Waals surface area contributed by atoms with Gasteiger partial charge in [-0.1, -0.05) is 88.7 Å². The Kier molecular flexibility index (Phi) is 13.6. The summed E-state index contributed by atoms with van der Waals surface area (Å²) in [6.07, 6.45) is 19.7. The molecule has 0 bridgehead atoms. The van der Waals surface area contributed by atoms with Crippen molar-refractivity contribution in [3.05, 3.63) is 32.6 Å². The number of nitrogens with zero attached hydrogens (tertiary/aromatic N) is 6. The van der Waals surface area contributed by atoms with Crippen LogP contribution in [0.3, 0.4) is 0 Å². The zero-order valence-corrected chi connectivity index (χ0v) is 21.0. The Morgan fingerprint density at radius 2 is 1.37 bits per heavy atom. The normalized spacial score (nSPS) is 11.2. The minimum atomic E-state index is -0.581. The van der Waals surface area contributed by atoms with Crippen molar-refractivity contribution in [2.24, 2.45) is 7.05 Å². The third-order valence-corrected chi connectivity index (χ3v) is 6.16. The van der Waals surface area contributed by atoms with Gasteiger partial charge in [-0.15, -0.1) is 5.10 Å². The Hall–Kier alpha value is -2.85. The molecule has 2 heterocycles. The van der Waals surface area contributed by atoms with E-state index in [2.05, 4.69) is 15.3 Å². The van der Waals surface area contributed by atoms with Crippen LogP contribution in [0.15, 0.2) is 11.1 Å². The van der Waals surface area contributed by atoms with E-state index < -0.39 is 11.7 Å². The van der Waals surface area contributed by atoms with Gasteiger partial charge in [0, 0.05) is 18.4 Å². The van der Waals surface area contributed by atoms with Gasteiger partial charge in [-0.25, -0.2) is 19.0 Å². The van der Waals surface area contributed by atoms with Crippen molar-refractivity contribution in [2.45, 2.75) is 103 Å². The molecule has 0 saturated heterocycles. The van der Waals surface area contributed by atoms with E-state index in [1.54, 1.807) is 0 Å². The van der Waals surface area contributed by atoms with Crippen molar-refractivity contribution in [3.63, 3.8) is 0 Å². The predicted molar refractivity (Wildman–Crippen MR) is 132 cm³/mol. The first-order valence-electron chi connectivity index (χ1n) is 13.1. The molecule has 0 spiro atoms. The number of esters is 1. The van der Waals surface area contributed by atoms with E-state index in [4.69, 9.17) is 4.74 Å². The first-order chi connectivity index (χ1) is 17.0. The lowest BCUT2D eigenvalue weighted by molar-refractivity contribution is -0.480. The van der Waals surface area contributed by atoms with Crippen LogP contribution in [-0.4, -0.2) is 48.4 Å². The van der Waals surface area contributed by atoms with Crippen LogP contribution in [0, 0.1) is 10.1 Å². The molecule has 0 amide bonds. The third kappa shape index (κ3) is 11.0. The Labute approximate surface area is 206 Å². The Balaban J connectivity index is 1.36. The minimum absolute atomic E-state index is 0.0143. The smallest absolute Gasteiger partial charge is 0.360 e. The molecule has 196 valence electrons. The monoisotopic (exact) mass is 492 g/mol. The zero-order chi connectivity index (χ0) is 25.3. The number of imidazole rings is 1. The number of ether oxygens (including phenoxy) is 1. The van der Waals surface area contributed by atoms with E-state index in [-0.39, 0.29) is 22.8 Å². The molecular weight excluding hydrogens is 452 g/mol. The fourth-order valence-corrected chi connectivity index (χ4v) is 4.08. The molecule has 0 saturated carbocycles. The lowest BCUT2D eigenvalue weighted by Gasteiger charge is -2.04. The standard InChI is InChI=1S/C24H40N6O5/c1-28-24(32)29-20-25-21(22(29)26-27-28)23(31)35-19-17-15-13-11-9-7-5-3-2-4-6-8-10-12-14-16-18-30(33)34/h20H,2-19H2,1H3. The van der Waals surface area contributed by atoms with Gasteiger partial charge >= 0.3 is 11.7 Å². The van der Waals surface area contributed by atoms with Crippen LogP contribution >= 0.6 is 0 Å².